The lowest BCUT2D eigenvalue weighted by Crippen LogP contribution is -2.13. The summed E-state index contributed by atoms with van der Waals surface area (Å²) in [4.78, 5) is 13.4. The second-order valence-corrected chi connectivity index (χ2v) is 6.72. The van der Waals surface area contributed by atoms with Gasteiger partial charge >= 0.3 is 0 Å². The third kappa shape index (κ3) is 3.17. The molecular weight excluding hydrogens is 336 g/mol. The molecule has 3 aromatic rings. The summed E-state index contributed by atoms with van der Waals surface area (Å²) in [5.41, 5.74) is 1.91. The largest absolute Gasteiger partial charge is 0.454 e. The lowest BCUT2D eigenvalue weighted by molar-refractivity contribution is -0.113. The van der Waals surface area contributed by atoms with Crippen LogP contribution in [0.5, 0.6) is 11.5 Å². The molecule has 6 heteroatoms. The highest BCUT2D eigenvalue weighted by Gasteiger charge is 2.15. The highest BCUT2D eigenvalue weighted by Crippen LogP contribution is 2.34. The number of rotatable bonds is 5. The van der Waals surface area contributed by atoms with E-state index in [1.54, 1.807) is 23.9 Å². The van der Waals surface area contributed by atoms with E-state index < -0.39 is 0 Å². The first kappa shape index (κ1) is 15.9. The molecular formula is C19H18N2O3S. The minimum atomic E-state index is -0.0443. The Hall–Kier alpha value is -2.60. The predicted molar refractivity (Wildman–Crippen MR) is 99.5 cm³/mol. The predicted octanol–water partition coefficient (Wildman–Crippen LogP) is 4.12. The Bertz CT molecular complexity index is 936. The van der Waals surface area contributed by atoms with E-state index in [4.69, 9.17) is 9.47 Å². The van der Waals surface area contributed by atoms with Gasteiger partial charge < -0.3 is 19.4 Å². The third-order valence-electron chi connectivity index (χ3n) is 4.11. The number of thioether (sulfide) groups is 1. The number of anilines is 1. The van der Waals surface area contributed by atoms with Crippen molar-refractivity contribution in [3.63, 3.8) is 0 Å². The zero-order valence-electron chi connectivity index (χ0n) is 13.8. The van der Waals surface area contributed by atoms with E-state index in [1.165, 1.54) is 10.9 Å². The molecule has 0 atom stereocenters. The summed E-state index contributed by atoms with van der Waals surface area (Å²) in [6.45, 7) is 3.25. The minimum Gasteiger partial charge on any atom is -0.454 e. The minimum absolute atomic E-state index is 0.0443. The molecule has 1 amide bonds. The van der Waals surface area contributed by atoms with Gasteiger partial charge in [0.05, 0.1) is 5.75 Å². The number of aromatic nitrogens is 1. The number of nitrogens with zero attached hydrogens (tertiary/aromatic N) is 1. The number of hydrogen-bond donors (Lipinski definition) is 1. The normalized spacial score (nSPS) is 12.5. The van der Waals surface area contributed by atoms with E-state index in [9.17, 15) is 4.79 Å². The molecule has 5 nitrogen and oxygen atoms in total. The smallest absolute Gasteiger partial charge is 0.234 e. The Balaban J connectivity index is 1.44. The molecule has 0 unspecified atom stereocenters. The zero-order valence-corrected chi connectivity index (χ0v) is 14.6. The zero-order chi connectivity index (χ0) is 17.2. The molecule has 0 radical (unpaired) electrons. The van der Waals surface area contributed by atoms with E-state index in [-0.39, 0.29) is 12.7 Å². The quantitative estimate of drug-likeness (QED) is 0.700. The van der Waals surface area contributed by atoms with Gasteiger partial charge in [-0.3, -0.25) is 4.79 Å². The van der Waals surface area contributed by atoms with Crippen molar-refractivity contribution in [2.24, 2.45) is 0 Å². The third-order valence-corrected chi connectivity index (χ3v) is 5.15. The molecule has 1 aromatic heterocycles. The summed E-state index contributed by atoms with van der Waals surface area (Å²) >= 11 is 1.55. The second-order valence-electron chi connectivity index (χ2n) is 5.70. The Morgan fingerprint density at radius 2 is 2.04 bits per heavy atom. The van der Waals surface area contributed by atoms with Gasteiger partial charge in [-0.1, -0.05) is 18.2 Å². The number of amides is 1. The van der Waals surface area contributed by atoms with Gasteiger partial charge in [-0.2, -0.15) is 0 Å². The summed E-state index contributed by atoms with van der Waals surface area (Å²) in [7, 11) is 0. The maximum absolute atomic E-state index is 12.3. The van der Waals surface area contributed by atoms with Crippen LogP contribution in [0.15, 0.2) is 53.6 Å². The summed E-state index contributed by atoms with van der Waals surface area (Å²) in [6, 6.07) is 13.7. The topological polar surface area (TPSA) is 52.5 Å². The van der Waals surface area contributed by atoms with Gasteiger partial charge in [-0.25, -0.2) is 0 Å². The molecule has 2 heterocycles. The fourth-order valence-electron chi connectivity index (χ4n) is 2.90. The molecule has 0 bridgehead atoms. The molecule has 2 aromatic carbocycles. The van der Waals surface area contributed by atoms with Gasteiger partial charge in [-0.05, 0) is 25.1 Å². The highest BCUT2D eigenvalue weighted by atomic mass is 32.2. The molecule has 128 valence electrons. The average Bonchev–Trinajstić information content (AvgIpc) is 3.24. The van der Waals surface area contributed by atoms with Crippen molar-refractivity contribution in [3.05, 3.63) is 48.7 Å². The van der Waals surface area contributed by atoms with E-state index in [0.29, 0.717) is 22.9 Å². The van der Waals surface area contributed by atoms with Crippen LogP contribution >= 0.6 is 11.8 Å². The fourth-order valence-corrected chi connectivity index (χ4v) is 3.79. The molecule has 0 saturated carbocycles. The van der Waals surface area contributed by atoms with Crippen LogP contribution in [0.3, 0.4) is 0 Å². The number of para-hydroxylation sites is 1. The maximum Gasteiger partial charge on any atom is 0.234 e. The van der Waals surface area contributed by atoms with Crippen molar-refractivity contribution in [3.8, 4) is 11.5 Å². The Morgan fingerprint density at radius 1 is 1.20 bits per heavy atom. The number of hydrogen-bond acceptors (Lipinski definition) is 4. The van der Waals surface area contributed by atoms with Crippen LogP contribution in [0.25, 0.3) is 10.9 Å². The van der Waals surface area contributed by atoms with Crippen LogP contribution in [0.1, 0.15) is 6.92 Å². The van der Waals surface area contributed by atoms with E-state index in [0.717, 1.165) is 11.4 Å². The lowest BCUT2D eigenvalue weighted by atomic mass is 10.2. The molecule has 0 spiro atoms. The fraction of sp³-hybridized carbons (Fsp3) is 0.211. The Morgan fingerprint density at radius 3 is 2.92 bits per heavy atom. The first-order valence-corrected chi connectivity index (χ1v) is 9.13. The lowest BCUT2D eigenvalue weighted by Gasteiger charge is -2.06. The number of carbonyl (C=O) groups excluding carboxylic acids is 1. The second kappa shape index (κ2) is 6.72. The van der Waals surface area contributed by atoms with Gasteiger partial charge in [0.1, 0.15) is 0 Å². The molecule has 0 saturated heterocycles. The average molecular weight is 354 g/mol. The molecule has 1 aliphatic heterocycles. The standard InChI is InChI=1S/C19H18N2O3S/c1-2-21-10-18(14-5-3-4-6-15(14)21)25-11-19(22)20-13-7-8-16-17(9-13)24-12-23-16/h3-10H,2,11-12H2,1H3,(H,20,22). The van der Waals surface area contributed by atoms with E-state index in [2.05, 4.69) is 35.1 Å². The molecule has 0 aliphatic carbocycles. The summed E-state index contributed by atoms with van der Waals surface area (Å²) in [5.74, 6) is 1.68. The van der Waals surface area contributed by atoms with Crippen molar-refractivity contribution in [2.45, 2.75) is 18.4 Å². The summed E-state index contributed by atoms with van der Waals surface area (Å²) < 4.78 is 12.8. The van der Waals surface area contributed by atoms with Crippen molar-refractivity contribution in [1.82, 2.24) is 4.57 Å². The summed E-state index contributed by atoms with van der Waals surface area (Å²) in [6.07, 6.45) is 2.11. The van der Waals surface area contributed by atoms with Gasteiger partial charge in [-0.15, -0.1) is 11.8 Å². The monoisotopic (exact) mass is 354 g/mol. The first-order valence-electron chi connectivity index (χ1n) is 8.15. The van der Waals surface area contributed by atoms with Gasteiger partial charge in [0.2, 0.25) is 12.7 Å². The highest BCUT2D eigenvalue weighted by molar-refractivity contribution is 8.00. The van der Waals surface area contributed by atoms with Crippen molar-refractivity contribution in [1.29, 1.82) is 0 Å². The van der Waals surface area contributed by atoms with Gasteiger partial charge in [0.15, 0.2) is 11.5 Å². The van der Waals surface area contributed by atoms with Gasteiger partial charge in [0.25, 0.3) is 0 Å². The number of benzene rings is 2. The van der Waals surface area contributed by atoms with Crippen LogP contribution in [0.4, 0.5) is 5.69 Å². The number of fused-ring (bicyclic) bond motifs is 2. The molecule has 0 fully saturated rings. The van der Waals surface area contributed by atoms with Crippen LogP contribution in [-0.4, -0.2) is 23.0 Å². The van der Waals surface area contributed by atoms with Crippen LogP contribution < -0.4 is 14.8 Å². The maximum atomic E-state index is 12.3. The van der Waals surface area contributed by atoms with Gasteiger partial charge in [0, 0.05) is 40.3 Å². The molecule has 1 N–H and O–H groups in total. The van der Waals surface area contributed by atoms with Crippen LogP contribution in [0, 0.1) is 0 Å². The molecule has 25 heavy (non-hydrogen) atoms. The van der Waals surface area contributed by atoms with Crippen LogP contribution in [-0.2, 0) is 11.3 Å². The number of carbonyl (C=O) groups is 1. The Kier molecular flexibility index (Phi) is 4.28. The number of aryl methyl sites for hydroxylation is 1. The molecule has 4 rings (SSSR count). The van der Waals surface area contributed by atoms with Crippen LogP contribution in [0.2, 0.25) is 0 Å². The first-order chi connectivity index (χ1) is 12.2. The summed E-state index contributed by atoms with van der Waals surface area (Å²) in [5, 5.41) is 4.09. The number of ether oxygens (including phenoxy) is 2. The van der Waals surface area contributed by atoms with E-state index >= 15 is 0 Å². The Labute approximate surface area is 149 Å². The van der Waals surface area contributed by atoms with Crippen molar-refractivity contribution in [2.75, 3.05) is 17.9 Å². The SMILES string of the molecule is CCn1cc(SCC(=O)Nc2ccc3c(c2)OCO3)c2ccccc21. The molecule has 1 aliphatic rings. The van der Waals surface area contributed by atoms with Crippen molar-refractivity contribution < 1.29 is 14.3 Å². The number of nitrogens with one attached hydrogen (secondary N) is 1. The van der Waals surface area contributed by atoms with Crippen molar-refractivity contribution >= 4 is 34.3 Å². The van der Waals surface area contributed by atoms with E-state index in [1.807, 2.05) is 18.2 Å².